The summed E-state index contributed by atoms with van der Waals surface area (Å²) in [6.07, 6.45) is 2.38. The lowest BCUT2D eigenvalue weighted by atomic mass is 9.99. The van der Waals surface area contributed by atoms with Gasteiger partial charge in [0.2, 0.25) is 0 Å². The van der Waals surface area contributed by atoms with E-state index in [1.165, 1.54) is 5.57 Å². The zero-order valence-electron chi connectivity index (χ0n) is 10.0. The summed E-state index contributed by atoms with van der Waals surface area (Å²) in [5.74, 6) is 1.32. The van der Waals surface area contributed by atoms with E-state index in [0.29, 0.717) is 17.9 Å². The average Bonchev–Trinajstić information content (AvgIpc) is 1.96. The van der Waals surface area contributed by atoms with Crippen molar-refractivity contribution in [2.45, 2.75) is 47.6 Å². The van der Waals surface area contributed by atoms with Crippen LogP contribution in [0.1, 0.15) is 41.5 Å². The topological polar surface area (TPSA) is 12.0 Å². The number of rotatable bonds is 5. The molecule has 0 radical (unpaired) electrons. The monoisotopic (exact) mass is 183 g/mol. The second kappa shape index (κ2) is 6.20. The summed E-state index contributed by atoms with van der Waals surface area (Å²) < 4.78 is 0. The average molecular weight is 183 g/mol. The molecule has 0 saturated carbocycles. The van der Waals surface area contributed by atoms with E-state index in [9.17, 15) is 0 Å². The molecule has 0 bridgehead atoms. The molecule has 1 heteroatoms. The number of hydrogen-bond acceptors (Lipinski definition) is 1. The van der Waals surface area contributed by atoms with E-state index in [1.54, 1.807) is 0 Å². The van der Waals surface area contributed by atoms with E-state index < -0.39 is 0 Å². The summed E-state index contributed by atoms with van der Waals surface area (Å²) >= 11 is 0. The molecule has 0 aromatic heterocycles. The van der Waals surface area contributed by atoms with Gasteiger partial charge in [-0.3, -0.25) is 0 Å². The minimum atomic E-state index is 0.578. The van der Waals surface area contributed by atoms with E-state index in [-0.39, 0.29) is 0 Å². The zero-order valence-corrected chi connectivity index (χ0v) is 10.0. The van der Waals surface area contributed by atoms with Crippen LogP contribution in [0.2, 0.25) is 0 Å². The standard InChI is InChI=1S/C12H25N/c1-9(2)7-12(10(3)4)8-13-11(5)6/h7,9-11,13H,8H2,1-6H3. The van der Waals surface area contributed by atoms with Crippen molar-refractivity contribution in [2.24, 2.45) is 11.8 Å². The summed E-state index contributed by atoms with van der Waals surface area (Å²) in [5, 5.41) is 3.46. The van der Waals surface area contributed by atoms with E-state index in [2.05, 4.69) is 52.9 Å². The van der Waals surface area contributed by atoms with Crippen molar-refractivity contribution < 1.29 is 0 Å². The molecular formula is C12H25N. The highest BCUT2D eigenvalue weighted by molar-refractivity contribution is 5.08. The molecule has 13 heavy (non-hydrogen) atoms. The van der Waals surface area contributed by atoms with Gasteiger partial charge in [0.1, 0.15) is 0 Å². The summed E-state index contributed by atoms with van der Waals surface area (Å²) in [6.45, 7) is 14.4. The van der Waals surface area contributed by atoms with Gasteiger partial charge in [-0.05, 0) is 11.8 Å². The third-order valence-electron chi connectivity index (χ3n) is 2.00. The van der Waals surface area contributed by atoms with Crippen LogP contribution >= 0.6 is 0 Å². The molecular weight excluding hydrogens is 158 g/mol. The minimum absolute atomic E-state index is 0.578. The van der Waals surface area contributed by atoms with Crippen molar-refractivity contribution >= 4 is 0 Å². The van der Waals surface area contributed by atoms with Gasteiger partial charge in [-0.2, -0.15) is 0 Å². The number of nitrogens with one attached hydrogen (secondary N) is 1. The Labute approximate surface area is 83.6 Å². The second-order valence-electron chi connectivity index (χ2n) is 4.68. The fourth-order valence-corrected chi connectivity index (χ4v) is 1.21. The Balaban J connectivity index is 4.11. The molecule has 0 aromatic carbocycles. The van der Waals surface area contributed by atoms with Crippen LogP contribution in [0.5, 0.6) is 0 Å². The second-order valence-corrected chi connectivity index (χ2v) is 4.68. The van der Waals surface area contributed by atoms with Gasteiger partial charge in [-0.15, -0.1) is 0 Å². The predicted octanol–water partition coefficient (Wildman–Crippen LogP) is 3.22. The lowest BCUT2D eigenvalue weighted by molar-refractivity contribution is 0.584. The molecule has 0 unspecified atom stereocenters. The van der Waals surface area contributed by atoms with Crippen molar-refractivity contribution in [3.05, 3.63) is 11.6 Å². The fourth-order valence-electron chi connectivity index (χ4n) is 1.21. The molecule has 0 saturated heterocycles. The van der Waals surface area contributed by atoms with Gasteiger partial charge < -0.3 is 5.32 Å². The highest BCUT2D eigenvalue weighted by atomic mass is 14.9. The first-order valence-corrected chi connectivity index (χ1v) is 5.37. The van der Waals surface area contributed by atoms with Gasteiger partial charge in [0, 0.05) is 12.6 Å². The highest BCUT2D eigenvalue weighted by Gasteiger charge is 2.04. The van der Waals surface area contributed by atoms with Crippen molar-refractivity contribution in [1.82, 2.24) is 5.32 Å². The number of hydrogen-bond donors (Lipinski definition) is 1. The molecule has 0 aromatic rings. The van der Waals surface area contributed by atoms with Crippen molar-refractivity contribution in [3.8, 4) is 0 Å². The normalized spacial score (nSPS) is 13.5. The van der Waals surface area contributed by atoms with E-state index in [1.807, 2.05) is 0 Å². The highest BCUT2D eigenvalue weighted by Crippen LogP contribution is 2.11. The van der Waals surface area contributed by atoms with E-state index >= 15 is 0 Å². The van der Waals surface area contributed by atoms with Crippen LogP contribution in [0.25, 0.3) is 0 Å². The van der Waals surface area contributed by atoms with Gasteiger partial charge in [0.25, 0.3) is 0 Å². The lowest BCUT2D eigenvalue weighted by Crippen LogP contribution is -2.26. The van der Waals surface area contributed by atoms with E-state index in [4.69, 9.17) is 0 Å². The molecule has 78 valence electrons. The maximum absolute atomic E-state index is 3.46. The number of allylic oxidation sites excluding steroid dienone is 1. The van der Waals surface area contributed by atoms with Crippen molar-refractivity contribution in [2.75, 3.05) is 6.54 Å². The fraction of sp³-hybridized carbons (Fsp3) is 0.833. The Morgan fingerprint density at radius 2 is 1.62 bits per heavy atom. The minimum Gasteiger partial charge on any atom is -0.311 e. The van der Waals surface area contributed by atoms with Gasteiger partial charge in [0.05, 0.1) is 0 Å². The molecule has 1 nitrogen and oxygen atoms in total. The van der Waals surface area contributed by atoms with Gasteiger partial charge in [0.15, 0.2) is 0 Å². The quantitative estimate of drug-likeness (QED) is 0.645. The van der Waals surface area contributed by atoms with Gasteiger partial charge in [-0.1, -0.05) is 53.2 Å². The molecule has 0 atom stereocenters. The Hall–Kier alpha value is -0.300. The molecule has 0 amide bonds. The van der Waals surface area contributed by atoms with Crippen molar-refractivity contribution in [1.29, 1.82) is 0 Å². The molecule has 1 N–H and O–H groups in total. The predicted molar refractivity (Wildman–Crippen MR) is 60.9 cm³/mol. The first-order valence-electron chi connectivity index (χ1n) is 5.37. The van der Waals surface area contributed by atoms with Crippen LogP contribution in [0.15, 0.2) is 11.6 Å². The zero-order chi connectivity index (χ0) is 10.4. The molecule has 0 aliphatic rings. The Morgan fingerprint density at radius 1 is 1.08 bits per heavy atom. The molecule has 0 aliphatic carbocycles. The van der Waals surface area contributed by atoms with E-state index in [0.717, 1.165) is 6.54 Å². The van der Waals surface area contributed by atoms with Crippen LogP contribution in [0.3, 0.4) is 0 Å². The Morgan fingerprint density at radius 3 is 1.92 bits per heavy atom. The molecule has 0 aliphatic heterocycles. The molecule has 0 heterocycles. The van der Waals surface area contributed by atoms with Crippen molar-refractivity contribution in [3.63, 3.8) is 0 Å². The Kier molecular flexibility index (Phi) is 6.06. The maximum Gasteiger partial charge on any atom is 0.0169 e. The van der Waals surface area contributed by atoms with Gasteiger partial charge >= 0.3 is 0 Å². The summed E-state index contributed by atoms with van der Waals surface area (Å²) in [4.78, 5) is 0. The Bertz CT molecular complexity index is 155. The first kappa shape index (κ1) is 12.7. The van der Waals surface area contributed by atoms with Crippen LogP contribution in [0.4, 0.5) is 0 Å². The van der Waals surface area contributed by atoms with Crippen LogP contribution in [-0.4, -0.2) is 12.6 Å². The smallest absolute Gasteiger partial charge is 0.0169 e. The molecule has 0 spiro atoms. The summed E-state index contributed by atoms with van der Waals surface area (Å²) in [5.41, 5.74) is 1.53. The van der Waals surface area contributed by atoms with Crippen LogP contribution in [-0.2, 0) is 0 Å². The SMILES string of the molecule is CC(C)C=C(CNC(C)C)C(C)C. The third-order valence-corrected chi connectivity index (χ3v) is 2.00. The summed E-state index contributed by atoms with van der Waals surface area (Å²) in [6, 6.07) is 0.578. The molecule has 0 fully saturated rings. The maximum atomic E-state index is 3.46. The largest absolute Gasteiger partial charge is 0.311 e. The molecule has 0 rings (SSSR count). The van der Waals surface area contributed by atoms with Gasteiger partial charge in [-0.25, -0.2) is 0 Å². The van der Waals surface area contributed by atoms with Crippen LogP contribution in [0, 0.1) is 11.8 Å². The third kappa shape index (κ3) is 6.83. The van der Waals surface area contributed by atoms with Crippen LogP contribution < -0.4 is 5.32 Å². The first-order chi connectivity index (χ1) is 5.93. The summed E-state index contributed by atoms with van der Waals surface area (Å²) in [7, 11) is 0. The lowest BCUT2D eigenvalue weighted by Gasteiger charge is -2.15.